The largest absolute Gasteiger partial charge is 0.416 e. The highest BCUT2D eigenvalue weighted by atomic mass is 19.4. The second-order valence-electron chi connectivity index (χ2n) is 5.60. The van der Waals surface area contributed by atoms with Gasteiger partial charge in [-0.3, -0.25) is 4.79 Å². The van der Waals surface area contributed by atoms with Gasteiger partial charge >= 0.3 is 6.18 Å². The Morgan fingerprint density at radius 2 is 2.21 bits per heavy atom. The number of halogens is 3. The van der Waals surface area contributed by atoms with E-state index in [-0.39, 0.29) is 11.9 Å². The standard InChI is InChI=1S/C16H17F3N4O/c1-2-14-13(22-12-6-7-20-15(12)24)9-21-23(14)11-5-3-4-10(8-11)16(17,18)19/h3-5,8-9,12,22H,2,6-7H2,1H3,(H,20,24)/t12-/m1/s1. The van der Waals surface area contributed by atoms with E-state index in [1.165, 1.54) is 10.7 Å². The molecule has 24 heavy (non-hydrogen) atoms. The Labute approximate surface area is 136 Å². The van der Waals surface area contributed by atoms with Crippen LogP contribution in [0.3, 0.4) is 0 Å². The summed E-state index contributed by atoms with van der Waals surface area (Å²) in [6.45, 7) is 2.50. The van der Waals surface area contributed by atoms with Gasteiger partial charge in [0.05, 0.1) is 28.8 Å². The lowest BCUT2D eigenvalue weighted by molar-refractivity contribution is -0.137. The molecule has 1 aliphatic rings. The van der Waals surface area contributed by atoms with Crippen LogP contribution in [0.4, 0.5) is 18.9 Å². The molecule has 0 unspecified atom stereocenters. The fourth-order valence-electron chi connectivity index (χ4n) is 2.79. The first-order valence-corrected chi connectivity index (χ1v) is 7.69. The second-order valence-corrected chi connectivity index (χ2v) is 5.60. The molecule has 0 spiro atoms. The van der Waals surface area contributed by atoms with E-state index in [0.717, 1.165) is 17.8 Å². The van der Waals surface area contributed by atoms with Crippen LogP contribution in [0.1, 0.15) is 24.6 Å². The lowest BCUT2D eigenvalue weighted by atomic mass is 10.2. The van der Waals surface area contributed by atoms with E-state index in [1.807, 2.05) is 6.92 Å². The Kier molecular flexibility index (Phi) is 4.21. The summed E-state index contributed by atoms with van der Waals surface area (Å²) >= 11 is 0. The summed E-state index contributed by atoms with van der Waals surface area (Å²) < 4.78 is 40.2. The monoisotopic (exact) mass is 338 g/mol. The molecule has 1 amide bonds. The zero-order chi connectivity index (χ0) is 17.3. The van der Waals surface area contributed by atoms with Gasteiger partial charge in [-0.15, -0.1) is 0 Å². The number of carbonyl (C=O) groups excluding carboxylic acids is 1. The van der Waals surface area contributed by atoms with E-state index in [2.05, 4.69) is 15.7 Å². The maximum absolute atomic E-state index is 12.9. The second kappa shape index (κ2) is 6.18. The van der Waals surface area contributed by atoms with Crippen LogP contribution in [-0.4, -0.2) is 28.3 Å². The number of benzene rings is 1. The van der Waals surface area contributed by atoms with Crippen LogP contribution in [0.15, 0.2) is 30.5 Å². The molecule has 128 valence electrons. The number of nitrogens with one attached hydrogen (secondary N) is 2. The third kappa shape index (κ3) is 3.08. The summed E-state index contributed by atoms with van der Waals surface area (Å²) in [5.74, 6) is -0.0797. The van der Waals surface area contributed by atoms with Crippen LogP contribution < -0.4 is 10.6 Å². The van der Waals surface area contributed by atoms with Gasteiger partial charge in [-0.05, 0) is 31.0 Å². The van der Waals surface area contributed by atoms with Gasteiger partial charge in [0.1, 0.15) is 6.04 Å². The molecule has 0 aliphatic carbocycles. The Morgan fingerprint density at radius 1 is 1.42 bits per heavy atom. The van der Waals surface area contributed by atoms with Crippen molar-refractivity contribution < 1.29 is 18.0 Å². The maximum atomic E-state index is 12.9. The van der Waals surface area contributed by atoms with Crippen molar-refractivity contribution in [3.8, 4) is 5.69 Å². The normalized spacial score (nSPS) is 17.8. The Hall–Kier alpha value is -2.51. The van der Waals surface area contributed by atoms with Crippen molar-refractivity contribution in [2.45, 2.75) is 32.0 Å². The van der Waals surface area contributed by atoms with E-state index < -0.39 is 11.7 Å². The van der Waals surface area contributed by atoms with Crippen LogP contribution in [0.2, 0.25) is 0 Å². The van der Waals surface area contributed by atoms with Crippen molar-refractivity contribution >= 4 is 11.6 Å². The number of carbonyl (C=O) groups is 1. The summed E-state index contributed by atoms with van der Waals surface area (Å²) in [5.41, 5.74) is 1.01. The molecule has 8 heteroatoms. The number of nitrogens with zero attached hydrogens (tertiary/aromatic N) is 2. The fourth-order valence-corrected chi connectivity index (χ4v) is 2.79. The predicted molar refractivity (Wildman–Crippen MR) is 83.0 cm³/mol. The minimum atomic E-state index is -4.40. The quantitative estimate of drug-likeness (QED) is 0.901. The number of hydrogen-bond acceptors (Lipinski definition) is 3. The smallest absolute Gasteiger partial charge is 0.371 e. The number of amides is 1. The lowest BCUT2D eigenvalue weighted by Gasteiger charge is -2.13. The molecule has 1 fully saturated rings. The van der Waals surface area contributed by atoms with E-state index in [9.17, 15) is 18.0 Å². The fraction of sp³-hybridized carbons (Fsp3) is 0.375. The van der Waals surface area contributed by atoms with Crippen LogP contribution in [0, 0.1) is 0 Å². The Morgan fingerprint density at radius 3 is 2.83 bits per heavy atom. The van der Waals surface area contributed by atoms with E-state index in [0.29, 0.717) is 30.8 Å². The van der Waals surface area contributed by atoms with Gasteiger partial charge in [-0.1, -0.05) is 13.0 Å². The van der Waals surface area contributed by atoms with Crippen molar-refractivity contribution in [2.75, 3.05) is 11.9 Å². The minimum Gasteiger partial charge on any atom is -0.371 e. The molecule has 0 radical (unpaired) electrons. The summed E-state index contributed by atoms with van der Waals surface area (Å²) in [6.07, 6.45) is -1.63. The molecule has 2 heterocycles. The number of hydrogen-bond donors (Lipinski definition) is 2. The van der Waals surface area contributed by atoms with Crippen molar-refractivity contribution in [3.63, 3.8) is 0 Å². The average Bonchev–Trinajstić information content (AvgIpc) is 3.13. The van der Waals surface area contributed by atoms with Crippen LogP contribution in [0.5, 0.6) is 0 Å². The number of aromatic nitrogens is 2. The summed E-state index contributed by atoms with van der Waals surface area (Å²) in [6, 6.07) is 4.69. The summed E-state index contributed by atoms with van der Waals surface area (Å²) in [7, 11) is 0. The third-order valence-corrected chi connectivity index (χ3v) is 4.00. The molecule has 1 aliphatic heterocycles. The topological polar surface area (TPSA) is 58.9 Å². The van der Waals surface area contributed by atoms with Gasteiger partial charge in [-0.2, -0.15) is 18.3 Å². The minimum absolute atomic E-state index is 0.0797. The molecule has 5 nitrogen and oxygen atoms in total. The molecule has 1 aromatic carbocycles. The predicted octanol–water partition coefficient (Wildman–Crippen LogP) is 2.75. The van der Waals surface area contributed by atoms with Crippen molar-refractivity contribution in [2.24, 2.45) is 0 Å². The van der Waals surface area contributed by atoms with Gasteiger partial charge in [0, 0.05) is 6.54 Å². The summed E-state index contributed by atoms with van der Waals surface area (Å²) in [5, 5.41) is 10.1. The number of anilines is 1. The zero-order valence-electron chi connectivity index (χ0n) is 13.0. The molecule has 0 bridgehead atoms. The molecular weight excluding hydrogens is 321 g/mol. The van der Waals surface area contributed by atoms with Crippen molar-refractivity contribution in [1.82, 2.24) is 15.1 Å². The third-order valence-electron chi connectivity index (χ3n) is 4.00. The van der Waals surface area contributed by atoms with Crippen LogP contribution >= 0.6 is 0 Å². The van der Waals surface area contributed by atoms with Crippen molar-refractivity contribution in [1.29, 1.82) is 0 Å². The highest BCUT2D eigenvalue weighted by Crippen LogP contribution is 2.31. The molecule has 3 rings (SSSR count). The van der Waals surface area contributed by atoms with Gasteiger partial charge in [-0.25, -0.2) is 4.68 Å². The van der Waals surface area contributed by atoms with E-state index >= 15 is 0 Å². The number of rotatable bonds is 4. The molecule has 1 atom stereocenters. The molecule has 2 aromatic rings. The highest BCUT2D eigenvalue weighted by molar-refractivity contribution is 5.86. The van der Waals surface area contributed by atoms with E-state index in [4.69, 9.17) is 0 Å². The molecule has 0 saturated carbocycles. The van der Waals surface area contributed by atoms with Crippen molar-refractivity contribution in [3.05, 3.63) is 41.7 Å². The number of alkyl halides is 3. The van der Waals surface area contributed by atoms with Gasteiger partial charge < -0.3 is 10.6 Å². The van der Waals surface area contributed by atoms with Gasteiger partial charge in [0.15, 0.2) is 0 Å². The van der Waals surface area contributed by atoms with Gasteiger partial charge in [0.25, 0.3) is 0 Å². The first kappa shape index (κ1) is 16.4. The average molecular weight is 338 g/mol. The zero-order valence-corrected chi connectivity index (χ0v) is 13.0. The SMILES string of the molecule is CCc1c(N[C@@H]2CCNC2=O)cnn1-c1cccc(C(F)(F)F)c1. The molecule has 1 saturated heterocycles. The lowest BCUT2D eigenvalue weighted by Crippen LogP contribution is -2.29. The molecular formula is C16H17F3N4O. The Bertz CT molecular complexity index is 754. The maximum Gasteiger partial charge on any atom is 0.416 e. The summed E-state index contributed by atoms with van der Waals surface area (Å²) in [4.78, 5) is 11.7. The first-order valence-electron chi connectivity index (χ1n) is 7.69. The van der Waals surface area contributed by atoms with E-state index in [1.54, 1.807) is 12.3 Å². The first-order chi connectivity index (χ1) is 11.4. The van der Waals surface area contributed by atoms with Crippen LogP contribution in [0.25, 0.3) is 5.69 Å². The Balaban J connectivity index is 1.93. The van der Waals surface area contributed by atoms with Crippen LogP contribution in [-0.2, 0) is 17.4 Å². The van der Waals surface area contributed by atoms with Gasteiger partial charge in [0.2, 0.25) is 5.91 Å². The highest BCUT2D eigenvalue weighted by Gasteiger charge is 2.31. The molecule has 1 aromatic heterocycles. The molecule has 2 N–H and O–H groups in total.